The first kappa shape index (κ1) is 25.4. The first-order valence-electron chi connectivity index (χ1n) is 11.4. The van der Waals surface area contributed by atoms with Crippen LogP contribution in [0.15, 0.2) is 41.3 Å². The lowest BCUT2D eigenvalue weighted by Crippen LogP contribution is -2.47. The fourth-order valence-electron chi connectivity index (χ4n) is 5.27. The Kier molecular flexibility index (Phi) is 5.97. The Morgan fingerprint density at radius 1 is 1.16 bits per heavy atom. The van der Waals surface area contributed by atoms with E-state index >= 15 is 0 Å². The number of anilines is 2. The lowest BCUT2D eigenvalue weighted by atomic mass is 9.94. The summed E-state index contributed by atoms with van der Waals surface area (Å²) < 4.78 is 72.3. The molecule has 1 N–H and O–H groups in total. The normalized spacial score (nSPS) is 22.2. The zero-order chi connectivity index (χ0) is 26.8. The fourth-order valence-corrected chi connectivity index (χ4v) is 7.31. The average Bonchev–Trinajstić information content (AvgIpc) is 3.41. The largest absolute Gasteiger partial charge is 0.486 e. The standard InChI is InChI=1S/C24H20F3N3O5S2/c25-24(26,27)18-9-15(4-3-14(18)11-28)29-21(32)23(7-1-2-8-23)30(22(29)36)16-5-6-19-20(10-16)37(33,34)13-17(12-31)35-19/h3-6,9-10,17,31H,1-2,7-8,12-13H2/t17-/m0/s1. The van der Waals surface area contributed by atoms with Crippen LogP contribution in [-0.4, -0.2) is 48.5 Å². The minimum atomic E-state index is -4.82. The quantitative estimate of drug-likeness (QED) is 0.577. The van der Waals surface area contributed by atoms with Crippen LogP contribution < -0.4 is 14.5 Å². The number of rotatable bonds is 3. The number of nitriles is 1. The second kappa shape index (κ2) is 8.68. The van der Waals surface area contributed by atoms with Crippen LogP contribution in [0.5, 0.6) is 5.75 Å². The smallest absolute Gasteiger partial charge is 0.417 e. The van der Waals surface area contributed by atoms with E-state index < -0.39 is 57.1 Å². The van der Waals surface area contributed by atoms with Gasteiger partial charge in [0.25, 0.3) is 5.91 Å². The van der Waals surface area contributed by atoms with Crippen molar-refractivity contribution in [3.8, 4) is 11.8 Å². The summed E-state index contributed by atoms with van der Waals surface area (Å²) in [7, 11) is -3.83. The zero-order valence-corrected chi connectivity index (χ0v) is 20.8. The molecular formula is C24H20F3N3O5S2. The number of ether oxygens (including phenoxy) is 1. The van der Waals surface area contributed by atoms with E-state index in [2.05, 4.69) is 0 Å². The van der Waals surface area contributed by atoms with Crippen molar-refractivity contribution in [2.45, 2.75) is 48.4 Å². The Bertz CT molecular complexity index is 1460. The molecule has 0 unspecified atom stereocenters. The van der Waals surface area contributed by atoms with Gasteiger partial charge in [-0.25, -0.2) is 8.42 Å². The number of carbonyl (C=O) groups excluding carboxylic acids is 1. The number of aliphatic hydroxyl groups is 1. The van der Waals surface area contributed by atoms with E-state index in [-0.39, 0.29) is 21.4 Å². The third-order valence-corrected chi connectivity index (χ3v) is 9.12. The summed E-state index contributed by atoms with van der Waals surface area (Å²) in [6.45, 7) is -0.478. The number of alkyl halides is 3. The molecule has 0 radical (unpaired) electrons. The van der Waals surface area contributed by atoms with Crippen molar-refractivity contribution in [3.05, 3.63) is 47.5 Å². The Hall–Kier alpha value is -3.21. The topological polar surface area (TPSA) is 111 Å². The number of hydrogen-bond donors (Lipinski definition) is 1. The molecule has 1 atom stereocenters. The van der Waals surface area contributed by atoms with Crippen LogP contribution in [0.4, 0.5) is 24.5 Å². The predicted octanol–water partition coefficient (Wildman–Crippen LogP) is 3.55. The number of sulfone groups is 1. The number of hydrogen-bond acceptors (Lipinski definition) is 7. The van der Waals surface area contributed by atoms with Crippen LogP contribution in [0.1, 0.15) is 36.8 Å². The van der Waals surface area contributed by atoms with Crippen LogP contribution in [0.25, 0.3) is 0 Å². The zero-order valence-electron chi connectivity index (χ0n) is 19.2. The van der Waals surface area contributed by atoms with E-state index in [0.29, 0.717) is 31.4 Å². The maximum Gasteiger partial charge on any atom is 0.417 e. The van der Waals surface area contributed by atoms with Gasteiger partial charge in [-0.3, -0.25) is 9.69 Å². The Balaban J connectivity index is 1.63. The molecule has 5 rings (SSSR count). The first-order chi connectivity index (χ1) is 17.4. The number of nitrogens with zero attached hydrogens (tertiary/aromatic N) is 3. The maximum atomic E-state index is 13.8. The maximum absolute atomic E-state index is 13.8. The van der Waals surface area contributed by atoms with Gasteiger partial charge >= 0.3 is 6.18 Å². The van der Waals surface area contributed by atoms with Gasteiger partial charge in [0.1, 0.15) is 22.3 Å². The summed E-state index contributed by atoms with van der Waals surface area (Å²) in [4.78, 5) is 16.3. The van der Waals surface area contributed by atoms with Gasteiger partial charge in [0.2, 0.25) is 0 Å². The van der Waals surface area contributed by atoms with Crippen LogP contribution in [0, 0.1) is 11.3 Å². The number of halogens is 3. The predicted molar refractivity (Wildman–Crippen MR) is 130 cm³/mol. The Labute approximate surface area is 215 Å². The van der Waals surface area contributed by atoms with Gasteiger partial charge in [-0.05, 0) is 61.5 Å². The van der Waals surface area contributed by atoms with Crippen LogP contribution in [0.3, 0.4) is 0 Å². The van der Waals surface area contributed by atoms with Gasteiger partial charge in [0.05, 0.1) is 35.2 Å². The van der Waals surface area contributed by atoms with Gasteiger partial charge < -0.3 is 14.7 Å². The van der Waals surface area contributed by atoms with Crippen molar-refractivity contribution in [2.75, 3.05) is 22.2 Å². The van der Waals surface area contributed by atoms with Gasteiger partial charge in [0.15, 0.2) is 14.9 Å². The third kappa shape index (κ3) is 3.94. The molecule has 1 saturated heterocycles. The average molecular weight is 552 g/mol. The minimum Gasteiger partial charge on any atom is -0.486 e. The number of carbonyl (C=O) groups is 1. The molecule has 2 aromatic rings. The summed E-state index contributed by atoms with van der Waals surface area (Å²) in [5.74, 6) is -0.874. The van der Waals surface area contributed by atoms with Crippen LogP contribution >= 0.6 is 12.2 Å². The molecule has 2 fully saturated rings. The van der Waals surface area contributed by atoms with Crippen molar-refractivity contribution in [1.29, 1.82) is 5.26 Å². The molecule has 13 heteroatoms. The van der Waals surface area contributed by atoms with Gasteiger partial charge in [-0.1, -0.05) is 12.8 Å². The fraction of sp³-hybridized carbons (Fsp3) is 0.375. The van der Waals surface area contributed by atoms with Crippen molar-refractivity contribution in [1.82, 2.24) is 0 Å². The SMILES string of the molecule is N#Cc1ccc(N2C(=O)C3(CCCC3)N(c3ccc4c(c3)S(=O)(=O)C[C@H](CO)O4)C2=S)cc1C(F)(F)F. The molecule has 1 aliphatic carbocycles. The minimum absolute atomic E-state index is 0.0599. The van der Waals surface area contributed by atoms with E-state index in [1.807, 2.05) is 0 Å². The highest BCUT2D eigenvalue weighted by Gasteiger charge is 2.58. The van der Waals surface area contributed by atoms with E-state index in [1.165, 1.54) is 35.2 Å². The third-order valence-electron chi connectivity index (χ3n) is 6.95. The second-order valence-electron chi connectivity index (χ2n) is 9.17. The van der Waals surface area contributed by atoms with E-state index in [0.717, 1.165) is 17.0 Å². The van der Waals surface area contributed by atoms with Crippen LogP contribution in [0.2, 0.25) is 0 Å². The highest BCUT2D eigenvalue weighted by atomic mass is 32.2. The van der Waals surface area contributed by atoms with Crippen molar-refractivity contribution in [3.63, 3.8) is 0 Å². The van der Waals surface area contributed by atoms with Crippen LogP contribution in [-0.2, 0) is 20.8 Å². The van der Waals surface area contributed by atoms with Gasteiger partial charge in [-0.15, -0.1) is 0 Å². The molecule has 0 bridgehead atoms. The number of aliphatic hydroxyl groups excluding tert-OH is 1. The van der Waals surface area contributed by atoms with E-state index in [4.69, 9.17) is 22.2 Å². The summed E-state index contributed by atoms with van der Waals surface area (Å²) in [5.41, 5.74) is -2.79. The lowest BCUT2D eigenvalue weighted by molar-refractivity contribution is -0.137. The Morgan fingerprint density at radius 3 is 2.46 bits per heavy atom. The molecule has 8 nitrogen and oxygen atoms in total. The van der Waals surface area contributed by atoms with Crippen molar-refractivity contribution >= 4 is 44.4 Å². The number of thiocarbonyl (C=S) groups is 1. The highest BCUT2D eigenvalue weighted by Crippen LogP contribution is 2.48. The summed E-state index contributed by atoms with van der Waals surface area (Å²) in [6, 6.07) is 8.80. The number of amides is 1. The monoisotopic (exact) mass is 551 g/mol. The molecule has 2 aromatic carbocycles. The molecule has 3 aliphatic rings. The Morgan fingerprint density at radius 2 is 1.84 bits per heavy atom. The molecule has 194 valence electrons. The molecule has 1 amide bonds. The molecule has 37 heavy (non-hydrogen) atoms. The van der Waals surface area contributed by atoms with Gasteiger partial charge in [0, 0.05) is 5.69 Å². The van der Waals surface area contributed by atoms with E-state index in [1.54, 1.807) is 0 Å². The summed E-state index contributed by atoms with van der Waals surface area (Å²) in [6.07, 6.45) is -3.64. The summed E-state index contributed by atoms with van der Waals surface area (Å²) in [5, 5.41) is 18.4. The van der Waals surface area contributed by atoms with Gasteiger partial charge in [-0.2, -0.15) is 18.4 Å². The highest BCUT2D eigenvalue weighted by molar-refractivity contribution is 7.91. The number of benzene rings is 2. The summed E-state index contributed by atoms with van der Waals surface area (Å²) >= 11 is 5.63. The lowest BCUT2D eigenvalue weighted by Gasteiger charge is -2.33. The molecule has 0 aromatic heterocycles. The first-order valence-corrected chi connectivity index (χ1v) is 13.4. The van der Waals surface area contributed by atoms with E-state index in [9.17, 15) is 31.5 Å². The molecule has 1 spiro atoms. The van der Waals surface area contributed by atoms with Crippen molar-refractivity contribution in [2.24, 2.45) is 0 Å². The molecule has 1 saturated carbocycles. The van der Waals surface area contributed by atoms with Crippen molar-refractivity contribution < 1.29 is 36.2 Å². The molecule has 2 aliphatic heterocycles. The molecular weight excluding hydrogens is 531 g/mol. The number of fused-ring (bicyclic) bond motifs is 1. The molecule has 2 heterocycles. The second-order valence-corrected chi connectivity index (χ2v) is 11.5.